The fourth-order valence-corrected chi connectivity index (χ4v) is 1.64. The Bertz CT molecular complexity index is 343. The van der Waals surface area contributed by atoms with Crippen molar-refractivity contribution in [2.45, 2.75) is 52.5 Å². The van der Waals surface area contributed by atoms with Crippen LogP contribution in [0.4, 0.5) is 0 Å². The highest BCUT2D eigenvalue weighted by molar-refractivity contribution is 7.71. The molecule has 0 aromatic carbocycles. The zero-order valence-corrected chi connectivity index (χ0v) is 10.2. The predicted molar refractivity (Wildman–Crippen MR) is 61.0 cm³/mol. The molecule has 0 aliphatic heterocycles. The van der Waals surface area contributed by atoms with Crippen LogP contribution in [0, 0.1) is 4.77 Å². The zero-order chi connectivity index (χ0) is 10.8. The molecule has 0 aliphatic carbocycles. The van der Waals surface area contributed by atoms with Crippen molar-refractivity contribution in [3.8, 4) is 0 Å². The van der Waals surface area contributed by atoms with E-state index in [1.165, 1.54) is 6.42 Å². The molecule has 0 saturated carbocycles. The van der Waals surface area contributed by atoms with Gasteiger partial charge in [0.15, 0.2) is 4.77 Å². The number of aromatic amines is 1. The van der Waals surface area contributed by atoms with Gasteiger partial charge in [0.25, 0.3) is 0 Å². The van der Waals surface area contributed by atoms with Gasteiger partial charge in [0.2, 0.25) is 0 Å². The van der Waals surface area contributed by atoms with Crippen LogP contribution in [0.15, 0.2) is 0 Å². The Balaban J connectivity index is 3.01. The third kappa shape index (κ3) is 2.44. The molecule has 1 rings (SSSR count). The van der Waals surface area contributed by atoms with Crippen molar-refractivity contribution in [1.29, 1.82) is 0 Å². The lowest BCUT2D eigenvalue weighted by atomic mass is 9.96. The van der Waals surface area contributed by atoms with E-state index in [0.29, 0.717) is 0 Å². The standard InChI is InChI=1S/C10H19N3S/c1-5-6-7-13-8(10(2,3)4)11-12-9(13)14/h5-7H2,1-4H3,(H,12,14). The van der Waals surface area contributed by atoms with Gasteiger partial charge in [0, 0.05) is 12.0 Å². The average molecular weight is 213 g/mol. The number of H-pyrrole nitrogens is 1. The third-order valence-electron chi connectivity index (χ3n) is 2.16. The maximum absolute atomic E-state index is 5.20. The third-order valence-corrected chi connectivity index (χ3v) is 2.48. The topological polar surface area (TPSA) is 33.6 Å². The van der Waals surface area contributed by atoms with E-state index in [1.807, 2.05) is 0 Å². The quantitative estimate of drug-likeness (QED) is 0.783. The summed E-state index contributed by atoms with van der Waals surface area (Å²) in [5, 5.41) is 7.15. The lowest BCUT2D eigenvalue weighted by molar-refractivity contribution is 0.486. The van der Waals surface area contributed by atoms with E-state index in [2.05, 4.69) is 42.5 Å². The summed E-state index contributed by atoms with van der Waals surface area (Å²) in [4.78, 5) is 0. The second kappa shape index (κ2) is 4.26. The summed E-state index contributed by atoms with van der Waals surface area (Å²) in [6, 6.07) is 0. The van der Waals surface area contributed by atoms with E-state index in [9.17, 15) is 0 Å². The van der Waals surface area contributed by atoms with Crippen LogP contribution in [-0.4, -0.2) is 14.8 Å². The SMILES string of the molecule is CCCCn1c(C(C)(C)C)n[nH]c1=S. The molecule has 0 bridgehead atoms. The first-order valence-corrected chi connectivity index (χ1v) is 5.53. The number of hydrogen-bond acceptors (Lipinski definition) is 2. The highest BCUT2D eigenvalue weighted by Crippen LogP contribution is 2.20. The van der Waals surface area contributed by atoms with Crippen molar-refractivity contribution in [1.82, 2.24) is 14.8 Å². The fraction of sp³-hybridized carbons (Fsp3) is 0.800. The minimum Gasteiger partial charge on any atom is -0.304 e. The molecule has 14 heavy (non-hydrogen) atoms. The van der Waals surface area contributed by atoms with Crippen LogP contribution >= 0.6 is 12.2 Å². The molecule has 1 aromatic heterocycles. The van der Waals surface area contributed by atoms with Crippen LogP contribution in [0.3, 0.4) is 0 Å². The molecule has 0 atom stereocenters. The summed E-state index contributed by atoms with van der Waals surface area (Å²) in [7, 11) is 0. The molecule has 4 heteroatoms. The Hall–Kier alpha value is -0.640. The van der Waals surface area contributed by atoms with E-state index in [-0.39, 0.29) is 5.41 Å². The van der Waals surface area contributed by atoms with Gasteiger partial charge in [-0.25, -0.2) is 0 Å². The fourth-order valence-electron chi connectivity index (χ4n) is 1.41. The first kappa shape index (κ1) is 11.4. The summed E-state index contributed by atoms with van der Waals surface area (Å²) >= 11 is 5.20. The summed E-state index contributed by atoms with van der Waals surface area (Å²) in [6.45, 7) is 9.61. The Morgan fingerprint density at radius 3 is 2.57 bits per heavy atom. The van der Waals surface area contributed by atoms with Crippen molar-refractivity contribution < 1.29 is 0 Å². The normalized spacial score (nSPS) is 12.0. The number of aromatic nitrogens is 3. The molecule has 80 valence electrons. The maximum atomic E-state index is 5.20. The summed E-state index contributed by atoms with van der Waals surface area (Å²) in [6.07, 6.45) is 2.33. The van der Waals surface area contributed by atoms with Gasteiger partial charge in [-0.15, -0.1) is 0 Å². The largest absolute Gasteiger partial charge is 0.304 e. The molecule has 3 nitrogen and oxygen atoms in total. The number of rotatable bonds is 3. The van der Waals surface area contributed by atoms with Crippen molar-refractivity contribution in [2.24, 2.45) is 0 Å². The van der Waals surface area contributed by atoms with Gasteiger partial charge in [-0.1, -0.05) is 34.1 Å². The lowest BCUT2D eigenvalue weighted by Crippen LogP contribution is -2.19. The monoisotopic (exact) mass is 213 g/mol. The van der Waals surface area contributed by atoms with Gasteiger partial charge in [-0.05, 0) is 18.6 Å². The van der Waals surface area contributed by atoms with Crippen LogP contribution in [0.2, 0.25) is 0 Å². The Morgan fingerprint density at radius 2 is 2.07 bits per heavy atom. The Kier molecular flexibility index (Phi) is 3.48. The number of nitrogens with one attached hydrogen (secondary N) is 1. The van der Waals surface area contributed by atoms with E-state index in [1.54, 1.807) is 0 Å². The molecular weight excluding hydrogens is 194 g/mol. The van der Waals surface area contributed by atoms with Gasteiger partial charge in [0.05, 0.1) is 0 Å². The molecule has 1 aromatic rings. The van der Waals surface area contributed by atoms with Crippen LogP contribution in [0.5, 0.6) is 0 Å². The summed E-state index contributed by atoms with van der Waals surface area (Å²) in [5.41, 5.74) is 0.0568. The van der Waals surface area contributed by atoms with Crippen LogP contribution < -0.4 is 0 Å². The minimum absolute atomic E-state index is 0.0568. The van der Waals surface area contributed by atoms with Crippen molar-refractivity contribution in [3.63, 3.8) is 0 Å². The van der Waals surface area contributed by atoms with E-state index >= 15 is 0 Å². The van der Waals surface area contributed by atoms with Crippen LogP contribution in [-0.2, 0) is 12.0 Å². The van der Waals surface area contributed by atoms with Crippen molar-refractivity contribution >= 4 is 12.2 Å². The maximum Gasteiger partial charge on any atom is 0.195 e. The minimum atomic E-state index is 0.0568. The molecule has 0 spiro atoms. The van der Waals surface area contributed by atoms with Crippen molar-refractivity contribution in [2.75, 3.05) is 0 Å². The van der Waals surface area contributed by atoms with Crippen LogP contribution in [0.1, 0.15) is 46.4 Å². The second-order valence-electron chi connectivity index (χ2n) is 4.61. The highest BCUT2D eigenvalue weighted by atomic mass is 32.1. The molecular formula is C10H19N3S. The summed E-state index contributed by atoms with van der Waals surface area (Å²) < 4.78 is 2.85. The first-order valence-electron chi connectivity index (χ1n) is 5.12. The van der Waals surface area contributed by atoms with E-state index in [4.69, 9.17) is 12.2 Å². The average Bonchev–Trinajstić information content (AvgIpc) is 2.42. The van der Waals surface area contributed by atoms with Gasteiger partial charge < -0.3 is 4.57 Å². The van der Waals surface area contributed by atoms with Gasteiger partial charge in [-0.2, -0.15) is 5.10 Å². The molecule has 1 N–H and O–H groups in total. The number of unbranched alkanes of at least 4 members (excludes halogenated alkanes) is 1. The number of hydrogen-bond donors (Lipinski definition) is 1. The molecule has 0 amide bonds. The number of nitrogens with zero attached hydrogens (tertiary/aromatic N) is 2. The van der Waals surface area contributed by atoms with E-state index < -0.39 is 0 Å². The Morgan fingerprint density at radius 1 is 1.43 bits per heavy atom. The molecule has 0 fully saturated rings. The predicted octanol–water partition coefficient (Wildman–Crippen LogP) is 3.04. The highest BCUT2D eigenvalue weighted by Gasteiger charge is 2.20. The molecule has 0 saturated heterocycles. The molecule has 0 aliphatic rings. The summed E-state index contributed by atoms with van der Waals surface area (Å²) in [5.74, 6) is 1.05. The van der Waals surface area contributed by atoms with Gasteiger partial charge >= 0.3 is 0 Å². The first-order chi connectivity index (χ1) is 6.46. The smallest absolute Gasteiger partial charge is 0.195 e. The zero-order valence-electron chi connectivity index (χ0n) is 9.42. The van der Waals surface area contributed by atoms with Gasteiger partial charge in [-0.3, -0.25) is 5.10 Å². The van der Waals surface area contributed by atoms with Gasteiger partial charge in [0.1, 0.15) is 5.82 Å². The molecule has 0 unspecified atom stereocenters. The Labute approximate surface area is 90.5 Å². The lowest BCUT2D eigenvalue weighted by Gasteiger charge is -2.18. The van der Waals surface area contributed by atoms with Crippen molar-refractivity contribution in [3.05, 3.63) is 10.6 Å². The second-order valence-corrected chi connectivity index (χ2v) is 4.99. The van der Waals surface area contributed by atoms with E-state index in [0.717, 1.165) is 23.6 Å². The molecule has 1 heterocycles. The molecule has 0 radical (unpaired) electrons. The van der Waals surface area contributed by atoms with Crippen LogP contribution in [0.25, 0.3) is 0 Å².